The van der Waals surface area contributed by atoms with Crippen LogP contribution in [0, 0.1) is 0 Å². The average Bonchev–Trinajstić information content (AvgIpc) is 2.69. The predicted octanol–water partition coefficient (Wildman–Crippen LogP) is 3.73. The topological polar surface area (TPSA) is 59.9 Å². The summed E-state index contributed by atoms with van der Waals surface area (Å²) in [7, 11) is 0. The lowest BCUT2D eigenvalue weighted by Gasteiger charge is -2.34. The molecule has 0 saturated carbocycles. The van der Waals surface area contributed by atoms with E-state index in [0.29, 0.717) is 12.6 Å². The van der Waals surface area contributed by atoms with Crippen LogP contribution in [0.25, 0.3) is 0 Å². The van der Waals surface area contributed by atoms with E-state index in [-0.39, 0.29) is 29.7 Å². The first-order valence-electron chi connectivity index (χ1n) is 9.37. The SMILES string of the molecule is CCNC(=NCc1ccc(O)cc1)NC1CCN(c2ccccc2)CC1.I. The predicted molar refractivity (Wildman–Crippen MR) is 123 cm³/mol. The van der Waals surface area contributed by atoms with Gasteiger partial charge in [-0.2, -0.15) is 0 Å². The Morgan fingerprint density at radius 3 is 2.37 bits per heavy atom. The van der Waals surface area contributed by atoms with E-state index in [4.69, 9.17) is 0 Å². The highest BCUT2D eigenvalue weighted by atomic mass is 127. The fourth-order valence-electron chi connectivity index (χ4n) is 3.21. The first-order chi connectivity index (χ1) is 12.7. The largest absolute Gasteiger partial charge is 0.508 e. The fourth-order valence-corrected chi connectivity index (χ4v) is 3.21. The lowest BCUT2D eigenvalue weighted by Crippen LogP contribution is -2.48. The molecule has 2 aromatic rings. The summed E-state index contributed by atoms with van der Waals surface area (Å²) in [5, 5.41) is 16.3. The van der Waals surface area contributed by atoms with Crippen molar-refractivity contribution in [3.8, 4) is 5.75 Å². The summed E-state index contributed by atoms with van der Waals surface area (Å²) in [4.78, 5) is 7.13. The summed E-state index contributed by atoms with van der Waals surface area (Å²) in [5.41, 5.74) is 2.39. The molecule has 0 unspecified atom stereocenters. The van der Waals surface area contributed by atoms with Gasteiger partial charge in [-0.15, -0.1) is 24.0 Å². The second-order valence-electron chi connectivity index (χ2n) is 6.60. The van der Waals surface area contributed by atoms with Gasteiger partial charge in [-0.3, -0.25) is 0 Å². The van der Waals surface area contributed by atoms with Gasteiger partial charge in [-0.1, -0.05) is 30.3 Å². The molecule has 0 amide bonds. The van der Waals surface area contributed by atoms with Crippen LogP contribution >= 0.6 is 24.0 Å². The minimum absolute atomic E-state index is 0. The molecule has 1 aliphatic heterocycles. The second kappa shape index (κ2) is 11.0. The van der Waals surface area contributed by atoms with E-state index in [1.807, 2.05) is 12.1 Å². The zero-order valence-corrected chi connectivity index (χ0v) is 18.1. The standard InChI is InChI=1S/C21H28N4O.HI/c1-2-22-21(23-16-17-8-10-20(26)11-9-17)24-18-12-14-25(15-13-18)19-6-4-3-5-7-19;/h3-11,18,26H,2,12-16H2,1H3,(H2,22,23,24);1H. The van der Waals surface area contributed by atoms with Crippen LogP contribution in [0.2, 0.25) is 0 Å². The van der Waals surface area contributed by atoms with Crippen LogP contribution in [0.3, 0.4) is 0 Å². The van der Waals surface area contributed by atoms with Crippen molar-refractivity contribution in [3.05, 3.63) is 60.2 Å². The zero-order chi connectivity index (χ0) is 18.2. The third-order valence-electron chi connectivity index (χ3n) is 4.66. The maximum atomic E-state index is 9.37. The highest BCUT2D eigenvalue weighted by Gasteiger charge is 2.20. The van der Waals surface area contributed by atoms with Gasteiger partial charge in [0, 0.05) is 31.4 Å². The number of aliphatic imine (C=N–C) groups is 1. The number of hydrogen-bond acceptors (Lipinski definition) is 3. The number of rotatable bonds is 5. The summed E-state index contributed by atoms with van der Waals surface area (Å²) >= 11 is 0. The molecule has 146 valence electrons. The van der Waals surface area contributed by atoms with Crippen molar-refractivity contribution < 1.29 is 5.11 Å². The number of halogens is 1. The molecule has 2 aromatic carbocycles. The first-order valence-corrected chi connectivity index (χ1v) is 9.37. The van der Waals surface area contributed by atoms with E-state index in [9.17, 15) is 5.11 Å². The zero-order valence-electron chi connectivity index (χ0n) is 15.8. The van der Waals surface area contributed by atoms with Gasteiger partial charge in [0.25, 0.3) is 0 Å². The molecule has 1 saturated heterocycles. The number of guanidine groups is 1. The molecule has 0 atom stereocenters. The number of hydrogen-bond donors (Lipinski definition) is 3. The Hall–Kier alpha value is -1.96. The van der Waals surface area contributed by atoms with Gasteiger partial charge in [0.2, 0.25) is 0 Å². The molecule has 0 radical (unpaired) electrons. The Morgan fingerprint density at radius 2 is 1.74 bits per heavy atom. The number of phenols is 1. The molecule has 0 bridgehead atoms. The average molecular weight is 480 g/mol. The molecule has 0 aliphatic carbocycles. The molecule has 0 aromatic heterocycles. The van der Waals surface area contributed by atoms with Crippen molar-refractivity contribution in [1.82, 2.24) is 10.6 Å². The summed E-state index contributed by atoms with van der Waals surface area (Å²) in [5.74, 6) is 1.15. The van der Waals surface area contributed by atoms with Gasteiger partial charge < -0.3 is 20.6 Å². The number of nitrogens with one attached hydrogen (secondary N) is 2. The summed E-state index contributed by atoms with van der Waals surface area (Å²) in [6.07, 6.45) is 2.19. The molecule has 6 heteroatoms. The monoisotopic (exact) mass is 480 g/mol. The van der Waals surface area contributed by atoms with Gasteiger partial charge in [0.15, 0.2) is 5.96 Å². The quantitative estimate of drug-likeness (QED) is 0.347. The number of anilines is 1. The van der Waals surface area contributed by atoms with Crippen LogP contribution < -0.4 is 15.5 Å². The van der Waals surface area contributed by atoms with Crippen LogP contribution in [0.5, 0.6) is 5.75 Å². The van der Waals surface area contributed by atoms with Crippen LogP contribution in [-0.4, -0.2) is 36.7 Å². The number of benzene rings is 2. The number of phenolic OH excluding ortho intramolecular Hbond substituents is 1. The highest BCUT2D eigenvalue weighted by molar-refractivity contribution is 14.0. The lowest BCUT2D eigenvalue weighted by molar-refractivity contribution is 0.461. The van der Waals surface area contributed by atoms with Crippen molar-refractivity contribution in [2.24, 2.45) is 4.99 Å². The van der Waals surface area contributed by atoms with Crippen molar-refractivity contribution in [2.75, 3.05) is 24.5 Å². The second-order valence-corrected chi connectivity index (χ2v) is 6.60. The molecular weight excluding hydrogens is 451 g/mol. The molecule has 1 fully saturated rings. The molecule has 27 heavy (non-hydrogen) atoms. The smallest absolute Gasteiger partial charge is 0.191 e. The van der Waals surface area contributed by atoms with E-state index in [1.165, 1.54) is 5.69 Å². The van der Waals surface area contributed by atoms with E-state index >= 15 is 0 Å². The maximum absolute atomic E-state index is 9.37. The molecule has 3 rings (SSSR count). The van der Waals surface area contributed by atoms with Crippen molar-refractivity contribution in [1.29, 1.82) is 0 Å². The summed E-state index contributed by atoms with van der Waals surface area (Å²) in [6, 6.07) is 18.3. The van der Waals surface area contributed by atoms with Gasteiger partial charge in [-0.25, -0.2) is 4.99 Å². The highest BCUT2D eigenvalue weighted by Crippen LogP contribution is 2.19. The third kappa shape index (κ3) is 6.61. The maximum Gasteiger partial charge on any atom is 0.191 e. The Labute approximate surface area is 178 Å². The third-order valence-corrected chi connectivity index (χ3v) is 4.66. The number of piperidine rings is 1. The van der Waals surface area contributed by atoms with Crippen LogP contribution in [0.4, 0.5) is 5.69 Å². The van der Waals surface area contributed by atoms with E-state index in [1.54, 1.807) is 12.1 Å². The summed E-state index contributed by atoms with van der Waals surface area (Å²) < 4.78 is 0. The summed E-state index contributed by atoms with van der Waals surface area (Å²) in [6.45, 7) is 5.62. The number of aromatic hydroxyl groups is 1. The fraction of sp³-hybridized carbons (Fsp3) is 0.381. The van der Waals surface area contributed by atoms with Crippen LogP contribution in [0.1, 0.15) is 25.3 Å². The Balaban J connectivity index is 0.00000261. The van der Waals surface area contributed by atoms with E-state index in [0.717, 1.165) is 44.0 Å². The Bertz CT molecular complexity index is 698. The Morgan fingerprint density at radius 1 is 1.07 bits per heavy atom. The molecule has 5 nitrogen and oxygen atoms in total. The van der Waals surface area contributed by atoms with E-state index < -0.39 is 0 Å². The minimum atomic E-state index is 0. The van der Waals surface area contributed by atoms with Crippen molar-refractivity contribution in [3.63, 3.8) is 0 Å². The number of para-hydroxylation sites is 1. The van der Waals surface area contributed by atoms with E-state index in [2.05, 4.69) is 57.8 Å². The van der Waals surface area contributed by atoms with Gasteiger partial charge in [0.05, 0.1) is 6.54 Å². The van der Waals surface area contributed by atoms with Crippen LogP contribution in [-0.2, 0) is 6.54 Å². The van der Waals surface area contributed by atoms with Crippen molar-refractivity contribution >= 4 is 35.6 Å². The minimum Gasteiger partial charge on any atom is -0.508 e. The van der Waals surface area contributed by atoms with Crippen molar-refractivity contribution in [2.45, 2.75) is 32.4 Å². The molecule has 0 spiro atoms. The molecule has 1 aliphatic rings. The normalized spacial score (nSPS) is 15.1. The van der Waals surface area contributed by atoms with Gasteiger partial charge in [0.1, 0.15) is 5.75 Å². The first kappa shape index (κ1) is 21.3. The van der Waals surface area contributed by atoms with Crippen LogP contribution in [0.15, 0.2) is 59.6 Å². The van der Waals surface area contributed by atoms with Gasteiger partial charge >= 0.3 is 0 Å². The van der Waals surface area contributed by atoms with Gasteiger partial charge in [-0.05, 0) is 49.6 Å². The molecular formula is C21H29IN4O. The lowest BCUT2D eigenvalue weighted by atomic mass is 10.0. The Kier molecular flexibility index (Phi) is 8.71. The molecule has 3 N–H and O–H groups in total. The molecule has 1 heterocycles. The number of nitrogens with zero attached hydrogens (tertiary/aromatic N) is 2.